The van der Waals surface area contributed by atoms with E-state index in [1.54, 1.807) is 0 Å². The molecule has 3 N–H and O–H groups in total. The van der Waals surface area contributed by atoms with Crippen LogP contribution in [0.15, 0.2) is 0 Å². The fraction of sp³-hybridized carbons (Fsp3) is 0.929. The van der Waals surface area contributed by atoms with Crippen molar-refractivity contribution in [1.29, 1.82) is 0 Å². The van der Waals surface area contributed by atoms with E-state index in [4.69, 9.17) is 10.8 Å². The Kier molecular flexibility index (Phi) is 2.51. The van der Waals surface area contributed by atoms with E-state index >= 15 is 0 Å². The van der Waals surface area contributed by atoms with Crippen LogP contribution in [0.4, 0.5) is 0 Å². The van der Waals surface area contributed by atoms with Crippen molar-refractivity contribution < 1.29 is 9.90 Å². The van der Waals surface area contributed by atoms with Crippen molar-refractivity contribution in [3.05, 3.63) is 0 Å². The third kappa shape index (κ3) is 1.29. The minimum atomic E-state index is -0.655. The van der Waals surface area contributed by atoms with Gasteiger partial charge in [0.05, 0.1) is 6.42 Å². The monoisotopic (exact) mass is 237 g/mol. The summed E-state index contributed by atoms with van der Waals surface area (Å²) in [6, 6.07) is 0. The largest absolute Gasteiger partial charge is 0.481 e. The number of hydrogen-bond donors (Lipinski definition) is 2. The number of rotatable bonds is 4. The van der Waals surface area contributed by atoms with E-state index in [0.29, 0.717) is 24.8 Å². The topological polar surface area (TPSA) is 63.3 Å². The summed E-state index contributed by atoms with van der Waals surface area (Å²) in [5.41, 5.74) is 5.93. The molecule has 3 aliphatic carbocycles. The molecule has 0 aromatic carbocycles. The van der Waals surface area contributed by atoms with Crippen LogP contribution in [0, 0.1) is 35.0 Å². The maximum absolute atomic E-state index is 11.1. The molecule has 3 aliphatic rings. The summed E-state index contributed by atoms with van der Waals surface area (Å²) in [6.45, 7) is 2.87. The third-order valence-electron chi connectivity index (χ3n) is 6.24. The van der Waals surface area contributed by atoms with Gasteiger partial charge in [-0.25, -0.2) is 0 Å². The van der Waals surface area contributed by atoms with Crippen LogP contribution in [0.25, 0.3) is 0 Å². The summed E-state index contributed by atoms with van der Waals surface area (Å²) in [6.07, 6.45) is 5.38. The lowest BCUT2D eigenvalue weighted by molar-refractivity contribution is -0.162. The smallest absolute Gasteiger partial charge is 0.303 e. The summed E-state index contributed by atoms with van der Waals surface area (Å²) < 4.78 is 0. The summed E-state index contributed by atoms with van der Waals surface area (Å²) in [4.78, 5) is 11.1. The molecular weight excluding hydrogens is 214 g/mol. The Hall–Kier alpha value is -0.570. The van der Waals surface area contributed by atoms with Crippen molar-refractivity contribution in [1.82, 2.24) is 0 Å². The zero-order valence-corrected chi connectivity index (χ0v) is 10.6. The predicted molar refractivity (Wildman–Crippen MR) is 65.3 cm³/mol. The number of carbonyl (C=O) groups is 1. The van der Waals surface area contributed by atoms with Gasteiger partial charge in [0, 0.05) is 0 Å². The molecule has 3 fully saturated rings. The SMILES string of the molecule is CC[C@H]1[C@H]2CC[C@H]3[C@@H]1[C@@H](C2)[C@@]3(CN)CC(=O)O. The molecule has 0 aliphatic heterocycles. The molecule has 0 amide bonds. The molecule has 3 nitrogen and oxygen atoms in total. The number of aliphatic carboxylic acids is 1. The second kappa shape index (κ2) is 3.71. The third-order valence-corrected chi connectivity index (χ3v) is 6.24. The van der Waals surface area contributed by atoms with Crippen LogP contribution in [0.5, 0.6) is 0 Å². The predicted octanol–water partition coefficient (Wildman–Crippen LogP) is 2.11. The van der Waals surface area contributed by atoms with Crippen LogP contribution in [0.1, 0.15) is 39.0 Å². The van der Waals surface area contributed by atoms with Crippen molar-refractivity contribution >= 4 is 5.97 Å². The molecule has 0 aromatic heterocycles. The van der Waals surface area contributed by atoms with E-state index < -0.39 is 5.97 Å². The molecule has 0 radical (unpaired) electrons. The first-order chi connectivity index (χ1) is 8.14. The van der Waals surface area contributed by atoms with Crippen LogP contribution in [-0.2, 0) is 4.79 Å². The molecule has 3 rings (SSSR count). The Morgan fingerprint density at radius 2 is 2.18 bits per heavy atom. The molecule has 0 spiro atoms. The van der Waals surface area contributed by atoms with Crippen molar-refractivity contribution in [3.8, 4) is 0 Å². The molecule has 3 heteroatoms. The van der Waals surface area contributed by atoms with Gasteiger partial charge >= 0.3 is 5.97 Å². The Bertz CT molecular complexity index is 335. The highest BCUT2D eigenvalue weighted by molar-refractivity contribution is 5.68. The molecule has 0 aromatic rings. The summed E-state index contributed by atoms with van der Waals surface area (Å²) in [5.74, 6) is 3.11. The van der Waals surface area contributed by atoms with Gasteiger partial charge in [0.15, 0.2) is 0 Å². The molecule has 3 saturated carbocycles. The van der Waals surface area contributed by atoms with E-state index in [9.17, 15) is 4.79 Å². The lowest BCUT2D eigenvalue weighted by Crippen LogP contribution is -2.61. The fourth-order valence-corrected chi connectivity index (χ4v) is 5.74. The lowest BCUT2D eigenvalue weighted by Gasteiger charge is -2.61. The second-order valence-corrected chi connectivity index (χ2v) is 6.44. The average molecular weight is 237 g/mol. The van der Waals surface area contributed by atoms with Gasteiger partial charge in [-0.3, -0.25) is 4.79 Å². The van der Waals surface area contributed by atoms with Crippen molar-refractivity contribution in [2.45, 2.75) is 39.0 Å². The first-order valence-corrected chi connectivity index (χ1v) is 7.06. The Balaban J connectivity index is 1.89. The van der Waals surface area contributed by atoms with Crippen LogP contribution >= 0.6 is 0 Å². The van der Waals surface area contributed by atoms with Crippen molar-refractivity contribution in [3.63, 3.8) is 0 Å². The van der Waals surface area contributed by atoms with E-state index in [2.05, 4.69) is 6.92 Å². The van der Waals surface area contributed by atoms with Gasteiger partial charge in [0.25, 0.3) is 0 Å². The molecule has 2 bridgehead atoms. The minimum absolute atomic E-state index is 0.0465. The van der Waals surface area contributed by atoms with E-state index in [-0.39, 0.29) is 5.41 Å². The van der Waals surface area contributed by atoms with Gasteiger partial charge in [-0.2, -0.15) is 0 Å². The van der Waals surface area contributed by atoms with Crippen molar-refractivity contribution in [2.24, 2.45) is 40.7 Å². The van der Waals surface area contributed by atoms with Crippen LogP contribution in [0.2, 0.25) is 0 Å². The highest BCUT2D eigenvalue weighted by atomic mass is 16.4. The van der Waals surface area contributed by atoms with Crippen LogP contribution < -0.4 is 5.73 Å². The van der Waals surface area contributed by atoms with Gasteiger partial charge in [-0.15, -0.1) is 0 Å². The van der Waals surface area contributed by atoms with E-state index in [0.717, 1.165) is 17.8 Å². The quantitative estimate of drug-likeness (QED) is 0.787. The van der Waals surface area contributed by atoms with Gasteiger partial charge in [-0.1, -0.05) is 13.3 Å². The van der Waals surface area contributed by atoms with E-state index in [1.165, 1.54) is 25.7 Å². The Morgan fingerprint density at radius 3 is 2.76 bits per heavy atom. The van der Waals surface area contributed by atoms with Crippen LogP contribution in [0.3, 0.4) is 0 Å². The van der Waals surface area contributed by atoms with Gasteiger partial charge in [0.2, 0.25) is 0 Å². The highest BCUT2D eigenvalue weighted by Crippen LogP contribution is 2.72. The van der Waals surface area contributed by atoms with Gasteiger partial charge < -0.3 is 10.8 Å². The summed E-state index contributed by atoms with van der Waals surface area (Å²) >= 11 is 0. The Morgan fingerprint density at radius 1 is 1.41 bits per heavy atom. The number of hydrogen-bond acceptors (Lipinski definition) is 2. The van der Waals surface area contributed by atoms with Crippen LogP contribution in [-0.4, -0.2) is 17.6 Å². The number of fused-ring (bicyclic) bond motifs is 1. The van der Waals surface area contributed by atoms with Gasteiger partial charge in [0.1, 0.15) is 0 Å². The Labute approximate surface area is 103 Å². The van der Waals surface area contributed by atoms with Gasteiger partial charge in [-0.05, 0) is 60.8 Å². The molecule has 0 heterocycles. The zero-order valence-electron chi connectivity index (χ0n) is 10.6. The molecule has 6 atom stereocenters. The van der Waals surface area contributed by atoms with Crippen molar-refractivity contribution in [2.75, 3.05) is 6.54 Å². The normalized spacial score (nSPS) is 51.1. The molecular formula is C14H23NO2. The standard InChI is InChI=1S/C14H23NO2/c1-2-9-8-3-4-10-13(9)11(5-8)14(10,7-15)6-12(16)17/h8-11,13H,2-7,15H2,1H3,(H,16,17)/t8-,9-,10-,11+,13+,14+/m0/s1. The number of nitrogens with two attached hydrogens (primary N) is 1. The average Bonchev–Trinajstić information content (AvgIpc) is 2.45. The lowest BCUT2D eigenvalue weighted by atomic mass is 9.43. The first kappa shape index (κ1) is 11.5. The summed E-state index contributed by atoms with van der Waals surface area (Å²) in [7, 11) is 0. The maximum atomic E-state index is 11.1. The van der Waals surface area contributed by atoms with E-state index in [1.807, 2.05) is 0 Å². The first-order valence-electron chi connectivity index (χ1n) is 7.06. The molecule has 17 heavy (non-hydrogen) atoms. The maximum Gasteiger partial charge on any atom is 0.303 e. The zero-order chi connectivity index (χ0) is 12.2. The number of carboxylic acid groups (broad SMARTS) is 1. The highest BCUT2D eigenvalue weighted by Gasteiger charge is 2.68. The molecule has 96 valence electrons. The fourth-order valence-electron chi connectivity index (χ4n) is 5.74. The summed E-state index contributed by atoms with van der Waals surface area (Å²) in [5, 5.41) is 9.16. The second-order valence-electron chi connectivity index (χ2n) is 6.44. The minimum Gasteiger partial charge on any atom is -0.481 e. The molecule has 0 saturated heterocycles. The molecule has 0 unspecified atom stereocenters. The number of carboxylic acids is 1.